The molecule has 2 rings (SSSR count). The first-order valence-electron chi connectivity index (χ1n) is 5.82. The van der Waals surface area contributed by atoms with Crippen molar-refractivity contribution in [2.24, 2.45) is 0 Å². The van der Waals surface area contributed by atoms with Crippen molar-refractivity contribution in [1.29, 1.82) is 0 Å². The summed E-state index contributed by atoms with van der Waals surface area (Å²) in [6.07, 6.45) is 2.88. The van der Waals surface area contributed by atoms with Gasteiger partial charge in [0.2, 0.25) is 0 Å². The first-order valence-corrected chi connectivity index (χ1v) is 5.82. The van der Waals surface area contributed by atoms with E-state index < -0.39 is 0 Å². The average Bonchev–Trinajstić information content (AvgIpc) is 2.24. The van der Waals surface area contributed by atoms with Crippen LogP contribution in [0.1, 0.15) is 12.0 Å². The van der Waals surface area contributed by atoms with Crippen molar-refractivity contribution in [3.63, 3.8) is 0 Å². The van der Waals surface area contributed by atoms with E-state index in [1.165, 1.54) is 0 Å². The van der Waals surface area contributed by atoms with Crippen LogP contribution in [-0.4, -0.2) is 43.1 Å². The van der Waals surface area contributed by atoms with E-state index >= 15 is 0 Å². The third-order valence-corrected chi connectivity index (χ3v) is 2.86. The number of hydrogen-bond donors (Lipinski definition) is 1. The number of aromatic nitrogens is 1. The largest absolute Gasteiger partial charge is 0.363 e. The number of amides is 2. The Bertz CT molecular complexity index is 401. The van der Waals surface area contributed by atoms with Gasteiger partial charge in [0, 0.05) is 39.9 Å². The molecule has 5 nitrogen and oxygen atoms in total. The number of rotatable bonds is 3. The lowest BCUT2D eigenvalue weighted by Gasteiger charge is -2.30. The van der Waals surface area contributed by atoms with Crippen LogP contribution in [0.3, 0.4) is 0 Å². The lowest BCUT2D eigenvalue weighted by molar-refractivity contribution is 0.167. The van der Waals surface area contributed by atoms with Crippen LogP contribution in [0.2, 0.25) is 0 Å². The molecule has 92 valence electrons. The molecule has 1 N–H and O–H groups in total. The standard InChI is InChI=1S/C12H18N4O/c1-15(2)11-8-10(4-5-13-11)9-14-12(17)16-6-3-7-16/h4-5,8H,3,6-7,9H2,1-2H3,(H,14,17). The summed E-state index contributed by atoms with van der Waals surface area (Å²) >= 11 is 0. The zero-order valence-corrected chi connectivity index (χ0v) is 10.3. The molecule has 0 spiro atoms. The maximum Gasteiger partial charge on any atom is 0.317 e. The molecule has 1 aliphatic rings. The summed E-state index contributed by atoms with van der Waals surface area (Å²) in [5.41, 5.74) is 1.07. The van der Waals surface area contributed by atoms with Gasteiger partial charge in [0.25, 0.3) is 0 Å². The van der Waals surface area contributed by atoms with Gasteiger partial charge in [-0.3, -0.25) is 0 Å². The van der Waals surface area contributed by atoms with Gasteiger partial charge in [0.15, 0.2) is 0 Å². The first-order chi connectivity index (χ1) is 8.16. The second-order valence-electron chi connectivity index (χ2n) is 4.42. The molecule has 1 aromatic rings. The second kappa shape index (κ2) is 5.03. The molecule has 1 aliphatic heterocycles. The molecule has 0 aromatic carbocycles. The van der Waals surface area contributed by atoms with Crippen molar-refractivity contribution in [1.82, 2.24) is 15.2 Å². The summed E-state index contributed by atoms with van der Waals surface area (Å²) in [6.45, 7) is 2.31. The lowest BCUT2D eigenvalue weighted by atomic mass is 10.2. The van der Waals surface area contributed by atoms with Crippen molar-refractivity contribution < 1.29 is 4.79 Å². The van der Waals surface area contributed by atoms with E-state index in [9.17, 15) is 4.79 Å². The number of nitrogens with one attached hydrogen (secondary N) is 1. The number of hydrogen-bond acceptors (Lipinski definition) is 3. The molecule has 1 aromatic heterocycles. The van der Waals surface area contributed by atoms with Gasteiger partial charge < -0.3 is 15.1 Å². The quantitative estimate of drug-likeness (QED) is 0.851. The monoisotopic (exact) mass is 234 g/mol. The Morgan fingerprint density at radius 1 is 1.53 bits per heavy atom. The SMILES string of the molecule is CN(C)c1cc(CNC(=O)N2CCC2)ccn1. The molecule has 0 aliphatic carbocycles. The molecule has 2 amide bonds. The molecule has 17 heavy (non-hydrogen) atoms. The normalized spacial score (nSPS) is 14.1. The Balaban J connectivity index is 1.89. The van der Waals surface area contributed by atoms with Gasteiger partial charge in [-0.25, -0.2) is 9.78 Å². The van der Waals surface area contributed by atoms with Gasteiger partial charge in [-0.05, 0) is 24.1 Å². The van der Waals surface area contributed by atoms with E-state index in [4.69, 9.17) is 0 Å². The summed E-state index contributed by atoms with van der Waals surface area (Å²) in [4.78, 5) is 19.6. The third kappa shape index (κ3) is 2.87. The van der Waals surface area contributed by atoms with E-state index in [1.54, 1.807) is 6.20 Å². The minimum absolute atomic E-state index is 0.0273. The first kappa shape index (κ1) is 11.7. The minimum Gasteiger partial charge on any atom is -0.363 e. The maximum atomic E-state index is 11.6. The van der Waals surface area contributed by atoms with Crippen LogP contribution in [0.25, 0.3) is 0 Å². The molecule has 0 saturated carbocycles. The number of carbonyl (C=O) groups is 1. The van der Waals surface area contributed by atoms with E-state index in [0.29, 0.717) is 6.54 Å². The topological polar surface area (TPSA) is 48.5 Å². The van der Waals surface area contributed by atoms with Gasteiger partial charge >= 0.3 is 6.03 Å². The molecule has 0 atom stereocenters. The van der Waals surface area contributed by atoms with Crippen molar-refractivity contribution in [2.75, 3.05) is 32.1 Å². The summed E-state index contributed by atoms with van der Waals surface area (Å²) in [7, 11) is 3.90. The molecule has 0 unspecified atom stereocenters. The Kier molecular flexibility index (Phi) is 3.46. The van der Waals surface area contributed by atoms with Gasteiger partial charge in [-0.1, -0.05) is 0 Å². The van der Waals surface area contributed by atoms with Gasteiger partial charge in [-0.15, -0.1) is 0 Å². The van der Waals surface area contributed by atoms with Crippen molar-refractivity contribution in [2.45, 2.75) is 13.0 Å². The van der Waals surface area contributed by atoms with Crippen molar-refractivity contribution in [3.8, 4) is 0 Å². The van der Waals surface area contributed by atoms with Crippen LogP contribution in [0.5, 0.6) is 0 Å². The predicted molar refractivity (Wildman–Crippen MR) is 67.0 cm³/mol. The van der Waals surface area contributed by atoms with Crippen molar-refractivity contribution >= 4 is 11.8 Å². The highest BCUT2D eigenvalue weighted by molar-refractivity contribution is 5.74. The highest BCUT2D eigenvalue weighted by atomic mass is 16.2. The molecule has 0 radical (unpaired) electrons. The molecule has 5 heteroatoms. The van der Waals surface area contributed by atoms with Crippen LogP contribution in [0.15, 0.2) is 18.3 Å². The smallest absolute Gasteiger partial charge is 0.317 e. The molecule has 2 heterocycles. The number of urea groups is 1. The zero-order chi connectivity index (χ0) is 12.3. The molecular weight excluding hydrogens is 216 g/mol. The Morgan fingerprint density at radius 2 is 2.29 bits per heavy atom. The summed E-state index contributed by atoms with van der Waals surface area (Å²) in [6, 6.07) is 3.93. The summed E-state index contributed by atoms with van der Waals surface area (Å²) in [5.74, 6) is 0.903. The number of carbonyl (C=O) groups excluding carboxylic acids is 1. The summed E-state index contributed by atoms with van der Waals surface area (Å²) < 4.78 is 0. The van der Waals surface area contributed by atoms with Crippen LogP contribution < -0.4 is 10.2 Å². The Morgan fingerprint density at radius 3 is 2.88 bits per heavy atom. The Hall–Kier alpha value is -1.78. The van der Waals surface area contributed by atoms with Crippen molar-refractivity contribution in [3.05, 3.63) is 23.9 Å². The van der Waals surface area contributed by atoms with Crippen LogP contribution in [-0.2, 0) is 6.54 Å². The average molecular weight is 234 g/mol. The third-order valence-electron chi connectivity index (χ3n) is 2.86. The van der Waals surface area contributed by atoms with E-state index in [0.717, 1.165) is 30.9 Å². The lowest BCUT2D eigenvalue weighted by Crippen LogP contribution is -2.47. The van der Waals surface area contributed by atoms with E-state index in [-0.39, 0.29) is 6.03 Å². The highest BCUT2D eigenvalue weighted by Gasteiger charge is 2.19. The Labute approximate surface area is 101 Å². The van der Waals surface area contributed by atoms with Gasteiger partial charge in [0.1, 0.15) is 5.82 Å². The number of likely N-dealkylation sites (tertiary alicyclic amines) is 1. The fourth-order valence-corrected chi connectivity index (χ4v) is 1.62. The molecule has 1 fully saturated rings. The van der Waals surface area contributed by atoms with Gasteiger partial charge in [0.05, 0.1) is 0 Å². The van der Waals surface area contributed by atoms with Crippen LogP contribution >= 0.6 is 0 Å². The number of pyridine rings is 1. The second-order valence-corrected chi connectivity index (χ2v) is 4.42. The van der Waals surface area contributed by atoms with E-state index in [2.05, 4.69) is 10.3 Å². The zero-order valence-electron chi connectivity index (χ0n) is 10.3. The fourth-order valence-electron chi connectivity index (χ4n) is 1.62. The highest BCUT2D eigenvalue weighted by Crippen LogP contribution is 2.10. The maximum absolute atomic E-state index is 11.6. The van der Waals surface area contributed by atoms with Crippen LogP contribution in [0.4, 0.5) is 10.6 Å². The fraction of sp³-hybridized carbons (Fsp3) is 0.500. The predicted octanol–water partition coefficient (Wildman–Crippen LogP) is 1.06. The van der Waals surface area contributed by atoms with Crippen LogP contribution in [0, 0.1) is 0 Å². The van der Waals surface area contributed by atoms with Gasteiger partial charge in [-0.2, -0.15) is 0 Å². The minimum atomic E-state index is 0.0273. The number of anilines is 1. The number of nitrogens with zero attached hydrogens (tertiary/aromatic N) is 3. The molecular formula is C12H18N4O. The van der Waals surface area contributed by atoms with E-state index in [1.807, 2.05) is 36.0 Å². The summed E-state index contributed by atoms with van der Waals surface area (Å²) in [5, 5.41) is 2.91. The molecule has 1 saturated heterocycles. The molecule has 0 bridgehead atoms.